The first-order chi connectivity index (χ1) is 13.3. The van der Waals surface area contributed by atoms with Crippen molar-refractivity contribution in [3.05, 3.63) is 53.5 Å². The number of nitrogens with zero attached hydrogens (tertiary/aromatic N) is 3. The number of rotatable bonds is 5. The Morgan fingerprint density at radius 2 is 1.89 bits per heavy atom. The molecule has 4 rings (SSSR count). The first kappa shape index (κ1) is 18.4. The van der Waals surface area contributed by atoms with E-state index in [2.05, 4.69) is 0 Å². The summed E-state index contributed by atoms with van der Waals surface area (Å²) >= 11 is 0. The van der Waals surface area contributed by atoms with Crippen molar-refractivity contribution in [1.82, 2.24) is 14.7 Å². The third-order valence-electron chi connectivity index (χ3n) is 5.56. The van der Waals surface area contributed by atoms with Crippen LogP contribution >= 0.6 is 0 Å². The van der Waals surface area contributed by atoms with Gasteiger partial charge in [-0.05, 0) is 37.5 Å². The van der Waals surface area contributed by atoms with Gasteiger partial charge in [0.25, 0.3) is 0 Å². The fraction of sp³-hybridized carbons (Fsp3) is 0.381. The van der Waals surface area contributed by atoms with Crippen molar-refractivity contribution in [3.8, 4) is 5.69 Å². The Bertz CT molecular complexity index is 975. The van der Waals surface area contributed by atoms with Gasteiger partial charge in [-0.25, -0.2) is 9.48 Å². The molecular weight excluding hydrogens is 358 g/mol. The molecule has 0 bridgehead atoms. The maximum Gasteiger partial charge on any atom is 0.352 e. The fourth-order valence-corrected chi connectivity index (χ4v) is 4.16. The summed E-state index contributed by atoms with van der Waals surface area (Å²) in [4.78, 5) is 25.9. The van der Waals surface area contributed by atoms with E-state index in [1.807, 2.05) is 50.2 Å². The molecule has 0 unspecified atom stereocenters. The van der Waals surface area contributed by atoms with Crippen molar-refractivity contribution in [2.24, 2.45) is 5.92 Å². The van der Waals surface area contributed by atoms with E-state index in [0.717, 1.165) is 11.4 Å². The van der Waals surface area contributed by atoms with Crippen LogP contribution in [0.3, 0.4) is 0 Å². The highest BCUT2D eigenvalue weighted by atomic mass is 16.4. The standard InChI is InChI=1S/C21H23N3O4/c1-11(2)15-10-16(24(22-15)13-7-5-4-6-8-13)14-9-17-18(12(3)25)20(26)23(17)19(14)21(27)28/h4-8,10-12,17-18,25H,9H2,1-3H3,(H,27,28)/t12-,17-,18-/m1/s1. The monoisotopic (exact) mass is 381 g/mol. The Labute approximate surface area is 162 Å². The molecule has 3 heterocycles. The molecule has 1 fully saturated rings. The van der Waals surface area contributed by atoms with E-state index in [0.29, 0.717) is 17.7 Å². The summed E-state index contributed by atoms with van der Waals surface area (Å²) in [5.41, 5.74) is 2.94. The Morgan fingerprint density at radius 3 is 2.46 bits per heavy atom. The molecule has 1 aromatic heterocycles. The first-order valence-electron chi connectivity index (χ1n) is 9.44. The number of aromatic nitrogens is 2. The Hall–Kier alpha value is -2.93. The number of β-lactam (4-membered cyclic amide) rings is 1. The summed E-state index contributed by atoms with van der Waals surface area (Å²) in [7, 11) is 0. The van der Waals surface area contributed by atoms with Crippen LogP contribution in [-0.4, -0.2) is 48.9 Å². The van der Waals surface area contributed by atoms with Crippen molar-refractivity contribution in [2.75, 3.05) is 0 Å². The summed E-state index contributed by atoms with van der Waals surface area (Å²) < 4.78 is 1.75. The second kappa shape index (κ2) is 6.60. The summed E-state index contributed by atoms with van der Waals surface area (Å²) in [5, 5.41) is 24.5. The number of carbonyl (C=O) groups is 2. The lowest BCUT2D eigenvalue weighted by Crippen LogP contribution is -2.61. The molecule has 0 spiro atoms. The smallest absolute Gasteiger partial charge is 0.352 e. The number of hydrogen-bond donors (Lipinski definition) is 2. The molecule has 0 aliphatic carbocycles. The van der Waals surface area contributed by atoms with Crippen LogP contribution in [0.15, 0.2) is 42.1 Å². The summed E-state index contributed by atoms with van der Waals surface area (Å²) in [6, 6.07) is 11.1. The van der Waals surface area contributed by atoms with Gasteiger partial charge in [-0.3, -0.25) is 4.79 Å². The minimum atomic E-state index is -1.14. The molecule has 7 heteroatoms. The minimum absolute atomic E-state index is 0.000660. The van der Waals surface area contributed by atoms with Crippen molar-refractivity contribution in [1.29, 1.82) is 0 Å². The number of carboxylic acids is 1. The molecular formula is C21H23N3O4. The third-order valence-corrected chi connectivity index (χ3v) is 5.56. The van der Waals surface area contributed by atoms with Gasteiger partial charge in [-0.1, -0.05) is 32.0 Å². The van der Waals surface area contributed by atoms with E-state index in [-0.39, 0.29) is 23.6 Å². The molecule has 2 aliphatic rings. The molecule has 0 saturated carbocycles. The molecule has 146 valence electrons. The summed E-state index contributed by atoms with van der Waals surface area (Å²) in [5.74, 6) is -1.86. The maximum atomic E-state index is 12.5. The van der Waals surface area contributed by atoms with Crippen LogP contribution in [0.5, 0.6) is 0 Å². The lowest BCUT2D eigenvalue weighted by molar-refractivity contribution is -0.161. The zero-order chi connectivity index (χ0) is 20.2. The van der Waals surface area contributed by atoms with Crippen molar-refractivity contribution in [3.63, 3.8) is 0 Å². The van der Waals surface area contributed by atoms with Gasteiger partial charge in [-0.2, -0.15) is 5.10 Å². The topological polar surface area (TPSA) is 95.7 Å². The second-order valence-corrected chi connectivity index (χ2v) is 7.73. The zero-order valence-corrected chi connectivity index (χ0v) is 16.0. The number of carboxylic acid groups (broad SMARTS) is 1. The second-order valence-electron chi connectivity index (χ2n) is 7.73. The number of amides is 1. The van der Waals surface area contributed by atoms with Gasteiger partial charge in [0, 0.05) is 5.57 Å². The lowest BCUT2D eigenvalue weighted by Gasteiger charge is -2.44. The summed E-state index contributed by atoms with van der Waals surface area (Å²) in [6.45, 7) is 5.63. The predicted molar refractivity (Wildman–Crippen MR) is 103 cm³/mol. The minimum Gasteiger partial charge on any atom is -0.477 e. The number of para-hydroxylation sites is 1. The zero-order valence-electron chi connectivity index (χ0n) is 16.0. The molecule has 1 aromatic carbocycles. The average molecular weight is 381 g/mol. The number of aliphatic hydroxyl groups is 1. The molecule has 28 heavy (non-hydrogen) atoms. The number of benzene rings is 1. The highest BCUT2D eigenvalue weighted by Gasteiger charge is 2.57. The predicted octanol–water partition coefficient (Wildman–Crippen LogP) is 2.40. The molecule has 2 aliphatic heterocycles. The molecule has 1 amide bonds. The van der Waals surface area contributed by atoms with Gasteiger partial charge < -0.3 is 15.1 Å². The highest BCUT2D eigenvalue weighted by molar-refractivity contribution is 6.06. The van der Waals surface area contributed by atoms with Crippen LogP contribution in [0.25, 0.3) is 11.3 Å². The van der Waals surface area contributed by atoms with Crippen LogP contribution in [0, 0.1) is 5.92 Å². The Balaban J connectivity index is 1.87. The SMILES string of the molecule is CC(C)c1cc(C2=C(C(=O)O)N3C(=O)[C@H]([C@@H](C)O)[C@H]3C2)n(-c2ccccc2)n1. The Morgan fingerprint density at radius 1 is 1.21 bits per heavy atom. The molecule has 7 nitrogen and oxygen atoms in total. The van der Waals surface area contributed by atoms with E-state index in [1.54, 1.807) is 11.6 Å². The molecule has 2 N–H and O–H groups in total. The molecule has 3 atom stereocenters. The van der Waals surface area contributed by atoms with Gasteiger partial charge in [0.15, 0.2) is 0 Å². The summed E-state index contributed by atoms with van der Waals surface area (Å²) in [6.07, 6.45) is -0.424. The van der Waals surface area contributed by atoms with Gasteiger partial charge in [0.05, 0.1) is 35.1 Å². The van der Waals surface area contributed by atoms with Crippen molar-refractivity contribution >= 4 is 17.4 Å². The number of fused-ring (bicyclic) bond motifs is 1. The van der Waals surface area contributed by atoms with E-state index < -0.39 is 18.0 Å². The van der Waals surface area contributed by atoms with Gasteiger partial charge in [0.1, 0.15) is 5.70 Å². The number of aliphatic hydroxyl groups excluding tert-OH is 1. The molecule has 1 saturated heterocycles. The van der Waals surface area contributed by atoms with E-state index in [1.165, 1.54) is 4.90 Å². The van der Waals surface area contributed by atoms with Gasteiger partial charge >= 0.3 is 5.97 Å². The van der Waals surface area contributed by atoms with Crippen molar-refractivity contribution < 1.29 is 19.8 Å². The molecule has 2 aromatic rings. The van der Waals surface area contributed by atoms with Gasteiger partial charge in [-0.15, -0.1) is 0 Å². The number of carbonyl (C=O) groups excluding carboxylic acids is 1. The highest BCUT2D eigenvalue weighted by Crippen LogP contribution is 2.47. The Kier molecular flexibility index (Phi) is 4.34. The number of hydrogen-bond acceptors (Lipinski definition) is 4. The van der Waals surface area contributed by atoms with Crippen LogP contribution in [0.1, 0.15) is 44.5 Å². The van der Waals surface area contributed by atoms with E-state index in [9.17, 15) is 19.8 Å². The van der Waals surface area contributed by atoms with Crippen molar-refractivity contribution in [2.45, 2.75) is 45.3 Å². The quantitative estimate of drug-likeness (QED) is 0.776. The average Bonchev–Trinajstić information content (AvgIpc) is 3.21. The van der Waals surface area contributed by atoms with Crippen LogP contribution in [0.4, 0.5) is 0 Å². The largest absolute Gasteiger partial charge is 0.477 e. The maximum absolute atomic E-state index is 12.5. The van der Waals surface area contributed by atoms with E-state index in [4.69, 9.17) is 5.10 Å². The first-order valence-corrected chi connectivity index (χ1v) is 9.44. The van der Waals surface area contributed by atoms with Gasteiger partial charge in [0.2, 0.25) is 5.91 Å². The van der Waals surface area contributed by atoms with Crippen LogP contribution in [-0.2, 0) is 9.59 Å². The van der Waals surface area contributed by atoms with E-state index >= 15 is 0 Å². The lowest BCUT2D eigenvalue weighted by atomic mass is 9.83. The normalized spacial score (nSPS) is 22.5. The number of aliphatic carboxylic acids is 1. The fourth-order valence-electron chi connectivity index (χ4n) is 4.16. The third kappa shape index (κ3) is 2.65. The van der Waals surface area contributed by atoms with Crippen LogP contribution in [0.2, 0.25) is 0 Å². The van der Waals surface area contributed by atoms with Crippen LogP contribution < -0.4 is 0 Å². The molecule has 0 radical (unpaired) electrons.